The van der Waals surface area contributed by atoms with E-state index in [4.69, 9.17) is 9.47 Å². The zero-order chi connectivity index (χ0) is 21.5. The van der Waals surface area contributed by atoms with E-state index in [0.717, 1.165) is 31.7 Å². The number of ether oxygens (including phenoxy) is 2. The number of aliphatic imine (C=N–C) groups is 1. The third-order valence-electron chi connectivity index (χ3n) is 5.81. The second-order valence-corrected chi connectivity index (χ2v) is 8.31. The molecule has 1 N–H and O–H groups in total. The molecule has 2 heterocycles. The van der Waals surface area contributed by atoms with E-state index in [1.807, 2.05) is 18.3 Å². The van der Waals surface area contributed by atoms with Crippen LogP contribution in [0.15, 0.2) is 47.5 Å². The number of anilines is 1. The Hall–Kier alpha value is -2.70. The summed E-state index contributed by atoms with van der Waals surface area (Å²) in [7, 11) is 1.60. The van der Waals surface area contributed by atoms with E-state index >= 15 is 0 Å². The molecule has 1 atom stereocenters. The molecule has 0 aliphatic carbocycles. The van der Waals surface area contributed by atoms with Crippen LogP contribution < -0.4 is 5.32 Å². The van der Waals surface area contributed by atoms with E-state index in [9.17, 15) is 4.79 Å². The van der Waals surface area contributed by atoms with Crippen LogP contribution in [0.4, 0.5) is 5.69 Å². The van der Waals surface area contributed by atoms with Gasteiger partial charge in [0.25, 0.3) is 0 Å². The van der Waals surface area contributed by atoms with Crippen LogP contribution in [0.25, 0.3) is 0 Å². The standard InChI is InChI=1S/C25H31N3O3/c1-30-10-11-31-25(29)13-19-4-2-5-20(12-19)17-28-9-3-6-24(18-28)27-23-8-7-21-15-26-16-22(21)14-23/h2,4-5,7-8,12,14,16,24,27H,3,6,9-11,13,15,17-18H2,1H3. The summed E-state index contributed by atoms with van der Waals surface area (Å²) < 4.78 is 10.1. The molecule has 164 valence electrons. The van der Waals surface area contributed by atoms with E-state index in [2.05, 4.69) is 45.5 Å². The zero-order valence-electron chi connectivity index (χ0n) is 18.2. The molecule has 0 amide bonds. The largest absolute Gasteiger partial charge is 0.463 e. The van der Waals surface area contributed by atoms with Crippen molar-refractivity contribution in [3.05, 3.63) is 64.7 Å². The van der Waals surface area contributed by atoms with Gasteiger partial charge in [-0.2, -0.15) is 0 Å². The highest BCUT2D eigenvalue weighted by Gasteiger charge is 2.20. The number of hydrogen-bond acceptors (Lipinski definition) is 6. The summed E-state index contributed by atoms with van der Waals surface area (Å²) in [5, 5.41) is 3.71. The normalized spacial score (nSPS) is 18.0. The number of piperidine rings is 1. The Balaban J connectivity index is 1.30. The number of carbonyl (C=O) groups excluding carboxylic acids is 1. The molecule has 2 aromatic carbocycles. The predicted octanol–water partition coefficient (Wildman–Crippen LogP) is 3.43. The van der Waals surface area contributed by atoms with Crippen LogP contribution in [0.1, 0.15) is 35.1 Å². The summed E-state index contributed by atoms with van der Waals surface area (Å²) in [6.45, 7) is 4.52. The molecule has 0 saturated carbocycles. The number of benzene rings is 2. The number of nitrogens with zero attached hydrogens (tertiary/aromatic N) is 2. The first-order valence-electron chi connectivity index (χ1n) is 11.0. The van der Waals surface area contributed by atoms with Crippen molar-refractivity contribution in [2.24, 2.45) is 4.99 Å². The van der Waals surface area contributed by atoms with Crippen LogP contribution in [0.3, 0.4) is 0 Å². The minimum absolute atomic E-state index is 0.212. The molecule has 1 saturated heterocycles. The Bertz CT molecular complexity index is 928. The van der Waals surface area contributed by atoms with Crippen molar-refractivity contribution in [2.45, 2.75) is 38.4 Å². The van der Waals surface area contributed by atoms with Crippen molar-refractivity contribution in [3.63, 3.8) is 0 Å². The van der Waals surface area contributed by atoms with Crippen molar-refractivity contribution < 1.29 is 14.3 Å². The maximum absolute atomic E-state index is 12.0. The summed E-state index contributed by atoms with van der Waals surface area (Å²) >= 11 is 0. The molecule has 0 bridgehead atoms. The van der Waals surface area contributed by atoms with Gasteiger partial charge in [-0.1, -0.05) is 30.3 Å². The topological polar surface area (TPSA) is 63.2 Å². The van der Waals surface area contributed by atoms with Crippen molar-refractivity contribution in [3.8, 4) is 0 Å². The molecule has 1 fully saturated rings. The van der Waals surface area contributed by atoms with Gasteiger partial charge in [0.1, 0.15) is 6.61 Å². The highest BCUT2D eigenvalue weighted by molar-refractivity contribution is 5.86. The lowest BCUT2D eigenvalue weighted by molar-refractivity contribution is -0.144. The van der Waals surface area contributed by atoms with Crippen LogP contribution in [-0.2, 0) is 33.8 Å². The number of nitrogens with one attached hydrogen (secondary N) is 1. The monoisotopic (exact) mass is 421 g/mol. The maximum Gasteiger partial charge on any atom is 0.310 e. The van der Waals surface area contributed by atoms with Crippen molar-refractivity contribution in [1.82, 2.24) is 4.90 Å². The van der Waals surface area contributed by atoms with Crippen LogP contribution >= 0.6 is 0 Å². The van der Waals surface area contributed by atoms with Crippen LogP contribution in [0.5, 0.6) is 0 Å². The van der Waals surface area contributed by atoms with E-state index in [-0.39, 0.29) is 5.97 Å². The highest BCUT2D eigenvalue weighted by atomic mass is 16.6. The molecule has 6 heteroatoms. The van der Waals surface area contributed by atoms with Gasteiger partial charge in [-0.25, -0.2) is 0 Å². The second-order valence-electron chi connectivity index (χ2n) is 8.31. The lowest BCUT2D eigenvalue weighted by Gasteiger charge is -2.34. The number of methoxy groups -OCH3 is 1. The minimum atomic E-state index is -0.212. The zero-order valence-corrected chi connectivity index (χ0v) is 18.2. The number of esters is 1. The van der Waals surface area contributed by atoms with Gasteiger partial charge in [0.2, 0.25) is 0 Å². The molecule has 0 radical (unpaired) electrons. The van der Waals surface area contributed by atoms with Gasteiger partial charge in [-0.05, 0) is 53.8 Å². The Morgan fingerprint density at radius 2 is 2.10 bits per heavy atom. The average Bonchev–Trinajstić information content (AvgIpc) is 3.22. The number of fused-ring (bicyclic) bond motifs is 1. The van der Waals surface area contributed by atoms with Crippen LogP contribution in [-0.4, -0.2) is 56.5 Å². The van der Waals surface area contributed by atoms with Crippen molar-refractivity contribution >= 4 is 17.9 Å². The lowest BCUT2D eigenvalue weighted by atomic mass is 10.0. The molecular weight excluding hydrogens is 390 g/mol. The number of rotatable bonds is 9. The predicted molar refractivity (Wildman–Crippen MR) is 123 cm³/mol. The second kappa shape index (κ2) is 10.6. The van der Waals surface area contributed by atoms with Gasteiger partial charge < -0.3 is 14.8 Å². The van der Waals surface area contributed by atoms with Crippen LogP contribution in [0.2, 0.25) is 0 Å². The fraction of sp³-hybridized carbons (Fsp3) is 0.440. The van der Waals surface area contributed by atoms with E-state index < -0.39 is 0 Å². The maximum atomic E-state index is 12.0. The van der Waals surface area contributed by atoms with Gasteiger partial charge in [0, 0.05) is 38.1 Å². The number of hydrogen-bond donors (Lipinski definition) is 1. The fourth-order valence-electron chi connectivity index (χ4n) is 4.30. The molecule has 2 aliphatic rings. The number of likely N-dealkylation sites (tertiary alicyclic amines) is 1. The molecule has 31 heavy (non-hydrogen) atoms. The quantitative estimate of drug-likeness (QED) is 0.497. The summed E-state index contributed by atoms with van der Waals surface area (Å²) in [6.07, 6.45) is 4.61. The van der Waals surface area contributed by atoms with Crippen LogP contribution in [0, 0.1) is 0 Å². The molecule has 6 nitrogen and oxygen atoms in total. The van der Waals surface area contributed by atoms with Gasteiger partial charge in [0.05, 0.1) is 19.6 Å². The molecule has 2 aliphatic heterocycles. The minimum Gasteiger partial charge on any atom is -0.463 e. The molecule has 1 unspecified atom stereocenters. The van der Waals surface area contributed by atoms with E-state index in [1.165, 1.54) is 35.2 Å². The summed E-state index contributed by atoms with van der Waals surface area (Å²) in [6, 6.07) is 15.3. The summed E-state index contributed by atoms with van der Waals surface area (Å²) in [5.41, 5.74) is 5.93. The van der Waals surface area contributed by atoms with Gasteiger partial charge in [-0.3, -0.25) is 14.7 Å². The lowest BCUT2D eigenvalue weighted by Crippen LogP contribution is -2.41. The molecule has 4 rings (SSSR count). The first kappa shape index (κ1) is 21.5. The third-order valence-corrected chi connectivity index (χ3v) is 5.81. The first-order chi connectivity index (χ1) is 15.2. The summed E-state index contributed by atoms with van der Waals surface area (Å²) in [4.78, 5) is 18.8. The molecular formula is C25H31N3O3. The van der Waals surface area contributed by atoms with E-state index in [1.54, 1.807) is 7.11 Å². The smallest absolute Gasteiger partial charge is 0.310 e. The highest BCUT2D eigenvalue weighted by Crippen LogP contribution is 2.22. The van der Waals surface area contributed by atoms with E-state index in [0.29, 0.717) is 25.7 Å². The van der Waals surface area contributed by atoms with Gasteiger partial charge >= 0.3 is 5.97 Å². The number of carbonyl (C=O) groups is 1. The third kappa shape index (κ3) is 6.15. The summed E-state index contributed by atoms with van der Waals surface area (Å²) in [5.74, 6) is -0.212. The van der Waals surface area contributed by atoms with Gasteiger partial charge in [-0.15, -0.1) is 0 Å². The molecule has 0 spiro atoms. The van der Waals surface area contributed by atoms with Crippen molar-refractivity contribution in [1.29, 1.82) is 0 Å². The SMILES string of the molecule is COCCOC(=O)Cc1cccc(CN2CCCC(Nc3ccc4c(c3)C=NC4)C2)c1. The first-order valence-corrected chi connectivity index (χ1v) is 11.0. The average molecular weight is 422 g/mol. The Morgan fingerprint density at radius 3 is 3.00 bits per heavy atom. The Kier molecular flexibility index (Phi) is 7.33. The van der Waals surface area contributed by atoms with Crippen molar-refractivity contribution in [2.75, 3.05) is 38.7 Å². The molecule has 2 aromatic rings. The fourth-order valence-corrected chi connectivity index (χ4v) is 4.30. The molecule has 0 aromatic heterocycles. The Labute approximate surface area is 184 Å². The van der Waals surface area contributed by atoms with Gasteiger partial charge in [0.15, 0.2) is 0 Å². The Morgan fingerprint density at radius 1 is 1.19 bits per heavy atom.